The van der Waals surface area contributed by atoms with Crippen LogP contribution in [0.15, 0.2) is 48.5 Å². The van der Waals surface area contributed by atoms with Crippen molar-refractivity contribution in [2.24, 2.45) is 5.92 Å². The Kier molecular flexibility index (Phi) is 6.64. The quantitative estimate of drug-likeness (QED) is 0.676. The number of piperidine rings is 1. The molecule has 2 aromatic rings. The predicted molar refractivity (Wildman–Crippen MR) is 103 cm³/mol. The highest BCUT2D eigenvalue weighted by atomic mass is 19.4. The second-order valence-corrected chi connectivity index (χ2v) is 7.10. The second kappa shape index (κ2) is 9.19. The molecule has 30 heavy (non-hydrogen) atoms. The summed E-state index contributed by atoms with van der Waals surface area (Å²) in [4.78, 5) is 26.4. The van der Waals surface area contributed by atoms with Crippen LogP contribution in [0.1, 0.15) is 34.3 Å². The van der Waals surface area contributed by atoms with Crippen molar-refractivity contribution in [3.8, 4) is 5.75 Å². The first-order valence-electron chi connectivity index (χ1n) is 9.54. The highest BCUT2D eigenvalue weighted by molar-refractivity contribution is 5.94. The molecule has 0 aliphatic carbocycles. The fraction of sp³-hybridized carbons (Fsp3) is 0.364. The van der Waals surface area contributed by atoms with Gasteiger partial charge in [-0.15, -0.1) is 0 Å². The number of likely N-dealkylation sites (tertiary alicyclic amines) is 1. The molecule has 1 heterocycles. The average molecular weight is 421 g/mol. The molecule has 0 spiro atoms. The fourth-order valence-corrected chi connectivity index (χ4v) is 3.34. The first-order valence-corrected chi connectivity index (χ1v) is 9.54. The van der Waals surface area contributed by atoms with Crippen LogP contribution in [0.2, 0.25) is 0 Å². The van der Waals surface area contributed by atoms with Crippen molar-refractivity contribution in [3.63, 3.8) is 0 Å². The van der Waals surface area contributed by atoms with Gasteiger partial charge in [-0.05, 0) is 54.8 Å². The summed E-state index contributed by atoms with van der Waals surface area (Å²) in [5.74, 6) is -0.294. The molecule has 0 N–H and O–H groups in total. The van der Waals surface area contributed by atoms with E-state index in [1.165, 1.54) is 12.1 Å². The fourth-order valence-electron chi connectivity index (χ4n) is 3.34. The molecule has 1 aliphatic rings. The molecule has 3 rings (SSSR count). The third-order valence-corrected chi connectivity index (χ3v) is 5.09. The minimum Gasteiger partial charge on any atom is -0.497 e. The van der Waals surface area contributed by atoms with Gasteiger partial charge in [0.05, 0.1) is 18.6 Å². The number of esters is 1. The molecule has 1 saturated heterocycles. The summed E-state index contributed by atoms with van der Waals surface area (Å²) < 4.78 is 48.5. The first-order chi connectivity index (χ1) is 14.3. The number of hydrogen-bond donors (Lipinski definition) is 0. The van der Waals surface area contributed by atoms with E-state index < -0.39 is 11.7 Å². The molecule has 1 fully saturated rings. The zero-order valence-electron chi connectivity index (χ0n) is 16.4. The van der Waals surface area contributed by atoms with Crippen LogP contribution in [0.5, 0.6) is 5.75 Å². The lowest BCUT2D eigenvalue weighted by molar-refractivity contribution is -0.151. The van der Waals surface area contributed by atoms with E-state index in [9.17, 15) is 22.8 Å². The Morgan fingerprint density at radius 1 is 1.07 bits per heavy atom. The molecule has 0 unspecified atom stereocenters. The number of halogens is 3. The van der Waals surface area contributed by atoms with Gasteiger partial charge in [-0.3, -0.25) is 9.59 Å². The van der Waals surface area contributed by atoms with Crippen LogP contribution in [-0.2, 0) is 22.3 Å². The van der Waals surface area contributed by atoms with E-state index in [4.69, 9.17) is 9.47 Å². The van der Waals surface area contributed by atoms with E-state index in [1.807, 2.05) is 12.1 Å². The van der Waals surface area contributed by atoms with Gasteiger partial charge < -0.3 is 14.4 Å². The van der Waals surface area contributed by atoms with Gasteiger partial charge in [-0.1, -0.05) is 12.1 Å². The standard InChI is InChI=1S/C22H22F3NO4/c1-29-19-4-2-3-15(13-19)14-30-21(28)17-9-11-26(12-10-17)20(27)16-5-7-18(8-6-16)22(23,24)25/h2-8,13,17H,9-12,14H2,1H3. The maximum atomic E-state index is 12.7. The van der Waals surface area contributed by atoms with E-state index in [0.717, 1.165) is 17.7 Å². The van der Waals surface area contributed by atoms with Crippen LogP contribution in [-0.4, -0.2) is 37.0 Å². The Bertz CT molecular complexity index is 888. The van der Waals surface area contributed by atoms with Crippen LogP contribution in [0.3, 0.4) is 0 Å². The molecule has 0 bridgehead atoms. The largest absolute Gasteiger partial charge is 0.497 e. The summed E-state index contributed by atoms with van der Waals surface area (Å²) >= 11 is 0. The Balaban J connectivity index is 1.50. The maximum absolute atomic E-state index is 12.7. The Labute approximate surface area is 172 Å². The van der Waals surface area contributed by atoms with E-state index in [0.29, 0.717) is 31.7 Å². The highest BCUT2D eigenvalue weighted by Gasteiger charge is 2.31. The lowest BCUT2D eigenvalue weighted by Gasteiger charge is -2.31. The van der Waals surface area contributed by atoms with Gasteiger partial charge >= 0.3 is 12.1 Å². The van der Waals surface area contributed by atoms with Crippen LogP contribution in [0.25, 0.3) is 0 Å². The first kappa shape index (κ1) is 21.7. The third-order valence-electron chi connectivity index (χ3n) is 5.09. The molecular formula is C22H22F3NO4. The van der Waals surface area contributed by atoms with Crippen LogP contribution in [0.4, 0.5) is 13.2 Å². The maximum Gasteiger partial charge on any atom is 0.416 e. The number of methoxy groups -OCH3 is 1. The molecule has 2 aromatic carbocycles. The lowest BCUT2D eigenvalue weighted by atomic mass is 9.96. The van der Waals surface area contributed by atoms with Gasteiger partial charge in [0.25, 0.3) is 5.91 Å². The number of carbonyl (C=O) groups excluding carboxylic acids is 2. The second-order valence-electron chi connectivity index (χ2n) is 7.10. The normalized spacial score (nSPS) is 15.0. The monoisotopic (exact) mass is 421 g/mol. The molecule has 0 atom stereocenters. The molecular weight excluding hydrogens is 399 g/mol. The minimum absolute atomic E-state index is 0.140. The number of benzene rings is 2. The molecule has 0 aromatic heterocycles. The van der Waals surface area contributed by atoms with Crippen LogP contribution >= 0.6 is 0 Å². The van der Waals surface area contributed by atoms with Gasteiger partial charge in [0.2, 0.25) is 0 Å². The third kappa shape index (κ3) is 5.31. The molecule has 160 valence electrons. The van der Waals surface area contributed by atoms with Gasteiger partial charge in [-0.25, -0.2) is 0 Å². The summed E-state index contributed by atoms with van der Waals surface area (Å²) in [7, 11) is 1.56. The van der Waals surface area contributed by atoms with Crippen molar-refractivity contribution in [1.29, 1.82) is 0 Å². The van der Waals surface area contributed by atoms with E-state index in [2.05, 4.69) is 0 Å². The van der Waals surface area contributed by atoms with Crippen LogP contribution in [0, 0.1) is 5.92 Å². The average Bonchev–Trinajstić information content (AvgIpc) is 2.76. The van der Waals surface area contributed by atoms with Crippen molar-refractivity contribution in [3.05, 3.63) is 65.2 Å². The van der Waals surface area contributed by atoms with E-state index >= 15 is 0 Å². The Morgan fingerprint density at radius 3 is 2.33 bits per heavy atom. The minimum atomic E-state index is -4.44. The summed E-state index contributed by atoms with van der Waals surface area (Å²) in [5.41, 5.74) is 0.219. The summed E-state index contributed by atoms with van der Waals surface area (Å²) in [6, 6.07) is 11.4. The Hall–Kier alpha value is -3.03. The molecule has 8 heteroatoms. The highest BCUT2D eigenvalue weighted by Crippen LogP contribution is 2.29. The van der Waals surface area contributed by atoms with E-state index in [-0.39, 0.29) is 30.0 Å². The number of amides is 1. The zero-order valence-corrected chi connectivity index (χ0v) is 16.4. The number of ether oxygens (including phenoxy) is 2. The summed E-state index contributed by atoms with van der Waals surface area (Å²) in [6.45, 7) is 0.832. The van der Waals surface area contributed by atoms with E-state index in [1.54, 1.807) is 24.1 Å². The summed E-state index contributed by atoms with van der Waals surface area (Å²) in [6.07, 6.45) is -3.54. The SMILES string of the molecule is COc1cccc(COC(=O)C2CCN(C(=O)c3ccc(C(F)(F)F)cc3)CC2)c1. The van der Waals surface area contributed by atoms with Crippen molar-refractivity contribution in [1.82, 2.24) is 4.90 Å². The number of nitrogens with zero attached hydrogens (tertiary/aromatic N) is 1. The Morgan fingerprint density at radius 2 is 1.73 bits per heavy atom. The molecule has 1 amide bonds. The summed E-state index contributed by atoms with van der Waals surface area (Å²) in [5, 5.41) is 0. The van der Waals surface area contributed by atoms with Crippen molar-refractivity contribution in [2.45, 2.75) is 25.6 Å². The number of hydrogen-bond acceptors (Lipinski definition) is 4. The van der Waals surface area contributed by atoms with Gasteiger partial charge in [0.1, 0.15) is 12.4 Å². The molecule has 1 aliphatic heterocycles. The van der Waals surface area contributed by atoms with Gasteiger partial charge in [-0.2, -0.15) is 13.2 Å². The lowest BCUT2D eigenvalue weighted by Crippen LogP contribution is -2.40. The number of alkyl halides is 3. The molecule has 5 nitrogen and oxygen atoms in total. The number of carbonyl (C=O) groups is 2. The van der Waals surface area contributed by atoms with Crippen LogP contribution < -0.4 is 4.74 Å². The smallest absolute Gasteiger partial charge is 0.416 e. The molecule has 0 radical (unpaired) electrons. The van der Waals surface area contributed by atoms with Crippen molar-refractivity contribution < 1.29 is 32.2 Å². The van der Waals surface area contributed by atoms with Gasteiger partial charge in [0, 0.05) is 18.7 Å². The van der Waals surface area contributed by atoms with Crippen molar-refractivity contribution >= 4 is 11.9 Å². The topological polar surface area (TPSA) is 55.8 Å². The predicted octanol–water partition coefficient (Wildman–Crippen LogP) is 4.31. The molecule has 0 saturated carbocycles. The number of rotatable bonds is 5. The van der Waals surface area contributed by atoms with Gasteiger partial charge in [0.15, 0.2) is 0 Å². The zero-order chi connectivity index (χ0) is 21.7. The van der Waals surface area contributed by atoms with Crippen molar-refractivity contribution in [2.75, 3.05) is 20.2 Å².